The molecule has 0 saturated carbocycles. The molecule has 0 bridgehead atoms. The maximum absolute atomic E-state index is 14.1. The fourth-order valence-corrected chi connectivity index (χ4v) is 10.5. The monoisotopic (exact) mass is 662 g/mol. The Balaban J connectivity index is 2.49. The van der Waals surface area contributed by atoms with E-state index in [1.54, 1.807) is 39.7 Å². The highest BCUT2D eigenvalue weighted by Crippen LogP contribution is 2.43. The molecule has 2 aromatic rings. The minimum atomic E-state index is -3.86. The normalized spacial score (nSPS) is 14.0. The first-order valence-corrected chi connectivity index (χ1v) is 20.5. The van der Waals surface area contributed by atoms with Crippen molar-refractivity contribution in [1.82, 2.24) is 4.08 Å². The van der Waals surface area contributed by atoms with Gasteiger partial charge in [-0.3, -0.25) is 0 Å². The highest BCUT2D eigenvalue weighted by Gasteiger charge is 2.47. The second-order valence-electron chi connectivity index (χ2n) is 13.6. The van der Waals surface area contributed by atoms with Gasteiger partial charge in [-0.25, -0.2) is 12.5 Å². The zero-order valence-corrected chi connectivity index (χ0v) is 31.4. The summed E-state index contributed by atoms with van der Waals surface area (Å²) in [6, 6.07) is 11.2. The van der Waals surface area contributed by atoms with Crippen LogP contribution in [-0.2, 0) is 25.9 Å². The molecule has 0 aliphatic carbocycles. The number of ether oxygens (including phenoxy) is 4. The number of unbranched alkanes of at least 4 members (excludes halogenated alkanes) is 1. The molecule has 0 radical (unpaired) electrons. The van der Waals surface area contributed by atoms with Crippen LogP contribution in [0.25, 0.3) is 0 Å². The summed E-state index contributed by atoms with van der Waals surface area (Å²) in [7, 11) is -1.47. The Morgan fingerprint density at radius 2 is 1.60 bits per heavy atom. The molecule has 2 atom stereocenters. The lowest BCUT2D eigenvalue weighted by molar-refractivity contribution is -0.0339. The molecule has 0 amide bonds. The van der Waals surface area contributed by atoms with Gasteiger partial charge in [-0.2, -0.15) is 5.10 Å². The van der Waals surface area contributed by atoms with E-state index in [0.717, 1.165) is 60.3 Å². The molecular weight excluding hydrogens is 605 g/mol. The molecule has 45 heavy (non-hydrogen) atoms. The van der Waals surface area contributed by atoms with Crippen molar-refractivity contribution in [2.75, 3.05) is 34.7 Å². The van der Waals surface area contributed by atoms with Crippen molar-refractivity contribution >= 4 is 24.5 Å². The van der Waals surface area contributed by atoms with Crippen LogP contribution < -0.4 is 9.47 Å². The Labute approximate surface area is 274 Å². The third kappa shape index (κ3) is 10.6. The summed E-state index contributed by atoms with van der Waals surface area (Å²) in [6.07, 6.45) is 7.07. The summed E-state index contributed by atoms with van der Waals surface area (Å²) in [5.41, 5.74) is 3.15. The van der Waals surface area contributed by atoms with Crippen molar-refractivity contribution in [3.63, 3.8) is 0 Å². The van der Waals surface area contributed by atoms with Crippen LogP contribution in [0.2, 0.25) is 18.1 Å². The van der Waals surface area contributed by atoms with Crippen LogP contribution in [0.15, 0.2) is 46.4 Å². The van der Waals surface area contributed by atoms with Gasteiger partial charge in [0.15, 0.2) is 0 Å². The fourth-order valence-electron chi connectivity index (χ4n) is 5.13. The second kappa shape index (κ2) is 17.5. The number of nitrogens with zero attached hydrogens (tertiary/aromatic N) is 2. The van der Waals surface area contributed by atoms with Gasteiger partial charge in [-0.15, -0.1) is 0 Å². The summed E-state index contributed by atoms with van der Waals surface area (Å²) in [4.78, 5) is 0.260. The average molecular weight is 663 g/mol. The molecular formula is C35H58N2O6SSi. The topological polar surface area (TPSA) is 86.7 Å². The number of rotatable bonds is 19. The van der Waals surface area contributed by atoms with Gasteiger partial charge in [0.25, 0.3) is 10.0 Å². The van der Waals surface area contributed by atoms with Crippen LogP contribution in [0.3, 0.4) is 0 Å². The Hall–Kier alpha value is -2.40. The molecule has 0 saturated heterocycles. The highest BCUT2D eigenvalue weighted by atomic mass is 32.2. The molecule has 0 heterocycles. The number of hydrazone groups is 1. The number of hydrogen-bond acceptors (Lipinski definition) is 7. The Morgan fingerprint density at radius 1 is 1.00 bits per heavy atom. The molecule has 2 rings (SSSR count). The minimum Gasteiger partial charge on any atom is -0.496 e. The van der Waals surface area contributed by atoms with Crippen LogP contribution >= 0.6 is 0 Å². The van der Waals surface area contributed by atoms with Crippen molar-refractivity contribution in [3.05, 3.63) is 53.1 Å². The van der Waals surface area contributed by atoms with Crippen molar-refractivity contribution in [2.24, 2.45) is 11.0 Å². The van der Waals surface area contributed by atoms with E-state index in [4.69, 9.17) is 24.0 Å². The maximum Gasteiger partial charge on any atom is 0.271 e. The van der Waals surface area contributed by atoms with Crippen LogP contribution in [0.4, 0.5) is 0 Å². The smallest absolute Gasteiger partial charge is 0.271 e. The van der Waals surface area contributed by atoms with E-state index in [-0.39, 0.29) is 15.9 Å². The SMILES string of the molecule is CCCC[C@@H](C/C=N/N([Si](C)(C)C(C)(C)C)S(=O)(=O)c1ccc(C)cc1)c1c(OC)cc(C[C@@H](C)CCOCOC)cc1OC. The van der Waals surface area contributed by atoms with Gasteiger partial charge >= 0.3 is 0 Å². The minimum absolute atomic E-state index is 0.0378. The lowest BCUT2D eigenvalue weighted by Gasteiger charge is -2.42. The number of sulfonamides is 1. The standard InChI is InChI=1S/C35H58N2O6SSi/c1-12-13-14-30(34-32(41-8)24-29(25-33(34)42-9)23-28(3)20-22-43-26-40-7)19-21-36-37(45(10,11)35(4,5)6)44(38,39)31-17-15-27(2)16-18-31/h15-18,21,24-25,28,30H,12-14,19-20,22-23,26H2,1-11H3/b36-21+/t28-,30-/m0/s1. The van der Waals surface area contributed by atoms with Gasteiger partial charge in [0.1, 0.15) is 18.3 Å². The van der Waals surface area contributed by atoms with Gasteiger partial charge in [-0.05, 0) is 92.4 Å². The number of methoxy groups -OCH3 is 3. The molecule has 0 unspecified atom stereocenters. The highest BCUT2D eigenvalue weighted by molar-refractivity contribution is 7.90. The molecule has 10 heteroatoms. The number of hydrogen-bond donors (Lipinski definition) is 0. The molecule has 0 fully saturated rings. The van der Waals surface area contributed by atoms with Crippen molar-refractivity contribution in [3.8, 4) is 11.5 Å². The molecule has 0 aromatic heterocycles. The average Bonchev–Trinajstić information content (AvgIpc) is 2.98. The number of benzene rings is 2. The quantitative estimate of drug-likeness (QED) is 0.0493. The van der Waals surface area contributed by atoms with Crippen LogP contribution in [0, 0.1) is 12.8 Å². The first-order chi connectivity index (χ1) is 21.1. The predicted octanol–water partition coefficient (Wildman–Crippen LogP) is 8.55. The Kier molecular flexibility index (Phi) is 15.1. The first kappa shape index (κ1) is 38.8. The summed E-state index contributed by atoms with van der Waals surface area (Å²) in [5, 5.41) is 4.54. The van der Waals surface area contributed by atoms with E-state index >= 15 is 0 Å². The van der Waals surface area contributed by atoms with Crippen molar-refractivity contribution in [1.29, 1.82) is 0 Å². The van der Waals surface area contributed by atoms with Gasteiger partial charge in [-0.1, -0.05) is 65.2 Å². The molecule has 0 aliphatic rings. The third-order valence-corrected chi connectivity index (χ3v) is 17.1. The first-order valence-electron chi connectivity index (χ1n) is 16.1. The zero-order valence-electron chi connectivity index (χ0n) is 29.6. The van der Waals surface area contributed by atoms with Gasteiger partial charge in [0.2, 0.25) is 8.24 Å². The summed E-state index contributed by atoms with van der Waals surface area (Å²) in [6.45, 7) is 17.7. The summed E-state index contributed by atoms with van der Waals surface area (Å²) >= 11 is 0. The molecule has 0 N–H and O–H groups in total. The van der Waals surface area contributed by atoms with E-state index in [1.807, 2.05) is 19.1 Å². The van der Waals surface area contributed by atoms with E-state index in [2.05, 4.69) is 59.8 Å². The molecule has 0 spiro atoms. The van der Waals surface area contributed by atoms with Crippen LogP contribution in [-0.4, -0.2) is 61.7 Å². The number of aryl methyl sites for hydroxylation is 1. The lowest BCUT2D eigenvalue weighted by Crippen LogP contribution is -2.54. The van der Waals surface area contributed by atoms with E-state index in [0.29, 0.717) is 25.7 Å². The lowest BCUT2D eigenvalue weighted by atomic mass is 9.87. The fraction of sp³-hybridized carbons (Fsp3) is 0.629. The van der Waals surface area contributed by atoms with E-state index in [1.165, 1.54) is 4.08 Å². The van der Waals surface area contributed by atoms with Crippen LogP contribution in [0.1, 0.15) is 89.3 Å². The summed E-state index contributed by atoms with van der Waals surface area (Å²) in [5.74, 6) is 2.02. The third-order valence-electron chi connectivity index (χ3n) is 8.90. The van der Waals surface area contributed by atoms with Gasteiger partial charge in [0, 0.05) is 25.5 Å². The zero-order chi connectivity index (χ0) is 33.8. The second-order valence-corrected chi connectivity index (χ2v) is 20.7. The Morgan fingerprint density at radius 3 is 2.11 bits per heavy atom. The van der Waals surface area contributed by atoms with Crippen molar-refractivity contribution < 1.29 is 27.4 Å². The van der Waals surface area contributed by atoms with E-state index in [9.17, 15) is 8.42 Å². The van der Waals surface area contributed by atoms with Gasteiger partial charge < -0.3 is 18.9 Å². The van der Waals surface area contributed by atoms with Gasteiger partial charge in [0.05, 0.1) is 19.1 Å². The molecule has 2 aromatic carbocycles. The Bertz CT molecular complexity index is 1300. The maximum atomic E-state index is 14.1. The molecule has 0 aliphatic heterocycles. The van der Waals surface area contributed by atoms with Crippen molar-refractivity contribution in [2.45, 2.75) is 109 Å². The van der Waals surface area contributed by atoms with Crippen LogP contribution in [0.5, 0.6) is 11.5 Å². The predicted molar refractivity (Wildman–Crippen MR) is 188 cm³/mol. The summed E-state index contributed by atoms with van der Waals surface area (Å²) < 4.78 is 52.0. The molecule has 254 valence electrons. The molecule has 8 nitrogen and oxygen atoms in total. The largest absolute Gasteiger partial charge is 0.496 e. The van der Waals surface area contributed by atoms with E-state index < -0.39 is 18.3 Å².